The molecule has 294 valence electrons. The number of benzene rings is 2. The van der Waals surface area contributed by atoms with Crippen molar-refractivity contribution in [2.75, 3.05) is 19.9 Å². The fraction of sp³-hybridized carbons (Fsp3) is 0.525. The Morgan fingerprint density at radius 3 is 2.31 bits per heavy atom. The molecule has 6 atom stereocenters. The van der Waals surface area contributed by atoms with Crippen LogP contribution >= 0.6 is 12.9 Å². The highest BCUT2D eigenvalue weighted by Gasteiger charge is 2.42. The first-order valence-corrected chi connectivity index (χ1v) is 18.9. The summed E-state index contributed by atoms with van der Waals surface area (Å²) >= 11 is 3.12. The summed E-state index contributed by atoms with van der Waals surface area (Å²) in [6.07, 6.45) is 3.97. The molecule has 54 heavy (non-hydrogen) atoms. The molecule has 2 aliphatic rings. The molecule has 3 aromatic rings. The average molecular weight is 766 g/mol. The number of rotatable bonds is 15. The molecule has 2 aromatic carbocycles. The van der Waals surface area contributed by atoms with Crippen molar-refractivity contribution in [3.05, 3.63) is 78.0 Å². The molecule has 0 radical (unpaired) electrons. The number of primary amides is 1. The van der Waals surface area contributed by atoms with E-state index in [0.717, 1.165) is 36.6 Å². The van der Waals surface area contributed by atoms with Crippen LogP contribution in [0.1, 0.15) is 81.8 Å². The van der Waals surface area contributed by atoms with Gasteiger partial charge in [0.05, 0.1) is 29.6 Å². The van der Waals surface area contributed by atoms with Gasteiger partial charge in [0, 0.05) is 49.8 Å². The molecule has 6 N–H and O–H groups in total. The van der Waals surface area contributed by atoms with Crippen molar-refractivity contribution in [1.82, 2.24) is 20.5 Å². The fourth-order valence-corrected chi connectivity index (χ4v) is 7.57. The minimum Gasteiger partial charge on any atom is -0.390 e. The number of aliphatic hydroxyl groups is 2. The topological polar surface area (TPSA) is 193 Å². The van der Waals surface area contributed by atoms with Gasteiger partial charge < -0.3 is 26.6 Å². The number of hydrogen-bond acceptors (Lipinski definition) is 11. The molecule has 2 heterocycles. The van der Waals surface area contributed by atoms with Gasteiger partial charge in [0.15, 0.2) is 12.6 Å². The van der Waals surface area contributed by atoms with E-state index < -0.39 is 48.3 Å². The monoisotopic (exact) mass is 765 g/mol. The number of carbonyl (C=O) groups is 4. The third kappa shape index (κ3) is 13.1. The maximum Gasteiger partial charge on any atom is 0.237 e. The Bertz CT molecular complexity index is 1690. The molecule has 3 unspecified atom stereocenters. The molecule has 3 amide bonds. The molecule has 13 nitrogen and oxygen atoms in total. The standard InChI is InChI=1S/C39H51N5O5.CH4O3S/c1-39(2,3)43-38(49)33-20-27-14-7-8-15-28(27)23-44(33)24-35(46)32(19-25-11-5-4-6-12-25)42-37(48)29(22-36(40)47)21-34(45)31-18-17-26-13-9-10-16-30(26)41-31;2-1-3-4-5/h4-6,9-13,16-18,27-29,32-33,35,46H,7-8,14-15,19-24H2,1-3H3,(H2,40,47)(H,42,48)(H,43,49);2,5H,1H2/t27?,28?,29-,32-,33?,35+;/m0./s1. The van der Waals surface area contributed by atoms with E-state index in [1.165, 1.54) is 6.42 Å². The number of amides is 3. The molecule has 0 spiro atoms. The Morgan fingerprint density at radius 2 is 1.67 bits per heavy atom. The Balaban J connectivity index is 0.00000122. The van der Waals surface area contributed by atoms with Crippen LogP contribution in [0.5, 0.6) is 0 Å². The maximum atomic E-state index is 13.9. The molecule has 1 saturated heterocycles. The number of pyridine rings is 1. The predicted octanol–water partition coefficient (Wildman–Crippen LogP) is 3.91. The number of nitrogens with zero attached hydrogens (tertiary/aromatic N) is 2. The summed E-state index contributed by atoms with van der Waals surface area (Å²) in [5.74, 6) is -1.79. The lowest BCUT2D eigenvalue weighted by Gasteiger charge is -2.47. The Morgan fingerprint density at radius 1 is 0.981 bits per heavy atom. The summed E-state index contributed by atoms with van der Waals surface area (Å²) in [6.45, 7) is 6.32. The van der Waals surface area contributed by atoms with Crippen molar-refractivity contribution in [3.63, 3.8) is 0 Å². The van der Waals surface area contributed by atoms with Crippen molar-refractivity contribution < 1.29 is 38.6 Å². The zero-order chi connectivity index (χ0) is 39.3. The highest BCUT2D eigenvalue weighted by Crippen LogP contribution is 2.39. The first kappa shape index (κ1) is 42.8. The summed E-state index contributed by atoms with van der Waals surface area (Å²) in [7, 11) is 0. The lowest BCUT2D eigenvalue weighted by atomic mass is 9.72. The number of β-amino-alcohol motifs (C(OH)–C–C–N with tert-alkyl or cyclic N) is 1. The number of aromatic nitrogens is 1. The molecule has 0 bridgehead atoms. The Labute approximate surface area is 322 Å². The molecule has 1 aromatic heterocycles. The van der Waals surface area contributed by atoms with Crippen LogP contribution in [0.4, 0.5) is 0 Å². The van der Waals surface area contributed by atoms with Gasteiger partial charge in [-0.15, -0.1) is 0 Å². The number of fused-ring (bicyclic) bond motifs is 2. The lowest BCUT2D eigenvalue weighted by Crippen LogP contribution is -2.60. The number of ketones is 1. The molecule has 14 heteroatoms. The number of nitrogens with two attached hydrogens (primary N) is 1. The van der Waals surface area contributed by atoms with E-state index in [0.29, 0.717) is 30.3 Å². The first-order chi connectivity index (χ1) is 25.8. The minimum absolute atomic E-state index is 0.0466. The molecule has 1 aliphatic carbocycles. The summed E-state index contributed by atoms with van der Waals surface area (Å²) in [5, 5.41) is 26.6. The lowest BCUT2D eigenvalue weighted by molar-refractivity contribution is -0.238. The van der Waals surface area contributed by atoms with Gasteiger partial charge in [0.25, 0.3) is 0 Å². The normalized spacial score (nSPS) is 20.4. The highest BCUT2D eigenvalue weighted by atomic mass is 32.1. The van der Waals surface area contributed by atoms with Crippen LogP contribution in [0.15, 0.2) is 66.7 Å². The molecule has 2 fully saturated rings. The van der Waals surface area contributed by atoms with Crippen LogP contribution < -0.4 is 16.4 Å². The third-order valence-electron chi connectivity index (χ3n) is 10.1. The van der Waals surface area contributed by atoms with Gasteiger partial charge in [-0.25, -0.2) is 4.98 Å². The van der Waals surface area contributed by atoms with Gasteiger partial charge in [-0.1, -0.05) is 73.9 Å². The number of likely N-dealkylation sites (tertiary alicyclic amines) is 1. The summed E-state index contributed by atoms with van der Waals surface area (Å²) in [5.41, 5.74) is 6.92. The van der Waals surface area contributed by atoms with E-state index in [1.54, 1.807) is 12.1 Å². The molecule has 5 rings (SSSR count). The van der Waals surface area contributed by atoms with E-state index in [1.807, 2.05) is 75.4 Å². The van der Waals surface area contributed by atoms with Gasteiger partial charge in [-0.05, 0) is 69.6 Å². The second kappa shape index (κ2) is 20.7. The van der Waals surface area contributed by atoms with Gasteiger partial charge in [0.2, 0.25) is 17.7 Å². The van der Waals surface area contributed by atoms with Crippen LogP contribution in [0, 0.1) is 17.8 Å². The predicted molar refractivity (Wildman–Crippen MR) is 208 cm³/mol. The first-order valence-electron chi connectivity index (χ1n) is 18.6. The fourth-order valence-electron chi connectivity index (χ4n) is 7.52. The third-order valence-corrected chi connectivity index (χ3v) is 10.2. The van der Waals surface area contributed by atoms with Crippen LogP contribution in [-0.4, -0.2) is 87.2 Å². The summed E-state index contributed by atoms with van der Waals surface area (Å²) in [4.78, 5) is 63.3. The van der Waals surface area contributed by atoms with Gasteiger partial charge >= 0.3 is 0 Å². The van der Waals surface area contributed by atoms with Crippen LogP contribution in [0.3, 0.4) is 0 Å². The SMILES string of the molecule is CC(C)(C)NC(=O)C1CC2CCCCC2CN1C[C@@H](O)[C@H](Cc1ccccc1)NC(=O)[C@H](CC(N)=O)CC(=O)c1ccc2ccccc2n1.OCOOS. The van der Waals surface area contributed by atoms with Crippen molar-refractivity contribution >= 4 is 47.3 Å². The average Bonchev–Trinajstić information content (AvgIpc) is 3.13. The van der Waals surface area contributed by atoms with Crippen molar-refractivity contribution in [3.8, 4) is 0 Å². The Kier molecular flexibility index (Phi) is 16.4. The number of piperidine rings is 1. The highest BCUT2D eigenvalue weighted by molar-refractivity contribution is 7.74. The number of thiol groups is 1. The second-order valence-corrected chi connectivity index (χ2v) is 15.5. The summed E-state index contributed by atoms with van der Waals surface area (Å²) in [6, 6.07) is 19.2. The zero-order valence-electron chi connectivity index (χ0n) is 31.4. The van der Waals surface area contributed by atoms with Crippen LogP contribution in [0.2, 0.25) is 0 Å². The molecule has 1 aliphatic heterocycles. The van der Waals surface area contributed by atoms with Crippen LogP contribution in [0.25, 0.3) is 10.9 Å². The van der Waals surface area contributed by atoms with E-state index in [9.17, 15) is 24.3 Å². The van der Waals surface area contributed by atoms with Gasteiger partial charge in [-0.2, -0.15) is 9.22 Å². The maximum absolute atomic E-state index is 13.9. The molecular formula is C40H55N5O8S. The number of aliphatic hydroxyl groups excluding tert-OH is 2. The second-order valence-electron chi connectivity index (χ2n) is 15.3. The van der Waals surface area contributed by atoms with E-state index in [4.69, 9.17) is 10.8 Å². The minimum atomic E-state index is -1.05. The van der Waals surface area contributed by atoms with Crippen molar-refractivity contribution in [2.45, 2.75) is 95.9 Å². The molecule has 1 saturated carbocycles. The van der Waals surface area contributed by atoms with Crippen molar-refractivity contribution in [2.24, 2.45) is 23.5 Å². The van der Waals surface area contributed by atoms with Crippen LogP contribution in [-0.2, 0) is 30.0 Å². The number of carbonyl (C=O) groups excluding carboxylic acids is 4. The largest absolute Gasteiger partial charge is 0.390 e. The van der Waals surface area contributed by atoms with E-state index >= 15 is 0 Å². The Hall–Kier alpha value is -3.92. The van der Waals surface area contributed by atoms with E-state index in [-0.39, 0.29) is 36.8 Å². The number of para-hydroxylation sites is 1. The molecular weight excluding hydrogens is 711 g/mol. The smallest absolute Gasteiger partial charge is 0.237 e. The quantitative estimate of drug-likeness (QED) is 0.0330. The van der Waals surface area contributed by atoms with Gasteiger partial charge in [-0.3, -0.25) is 24.1 Å². The van der Waals surface area contributed by atoms with Gasteiger partial charge in [0.1, 0.15) is 5.69 Å². The van der Waals surface area contributed by atoms with E-state index in [2.05, 4.69) is 42.6 Å². The number of Topliss-reactive ketones (excluding diaryl/α,β-unsaturated/α-hetero) is 1. The zero-order valence-corrected chi connectivity index (χ0v) is 32.3. The number of nitrogens with one attached hydrogen (secondary N) is 2. The number of hydrogen-bond donors (Lipinski definition) is 6. The van der Waals surface area contributed by atoms with Crippen molar-refractivity contribution in [1.29, 1.82) is 0 Å². The summed E-state index contributed by atoms with van der Waals surface area (Å²) < 4.78 is 3.64.